The number of amidine groups is 1. The Morgan fingerprint density at radius 3 is 2.42 bits per heavy atom. The Balaban J connectivity index is 1.61. The van der Waals surface area contributed by atoms with E-state index in [0.717, 1.165) is 16.8 Å². The van der Waals surface area contributed by atoms with Gasteiger partial charge in [-0.1, -0.05) is 54.7 Å². The summed E-state index contributed by atoms with van der Waals surface area (Å²) in [7, 11) is 1.57. The molecule has 0 saturated carbocycles. The van der Waals surface area contributed by atoms with Crippen molar-refractivity contribution in [3.05, 3.63) is 90.2 Å². The largest absolute Gasteiger partial charge is 0.493 e. The molecule has 0 radical (unpaired) electrons. The third kappa shape index (κ3) is 7.07. The molecule has 1 amide bonds. The molecule has 0 spiro atoms. The average molecular weight is 655 g/mol. The van der Waals surface area contributed by atoms with Crippen LogP contribution in [0.15, 0.2) is 69.0 Å². The quantitative estimate of drug-likeness (QED) is 0.227. The molecule has 0 aromatic heterocycles. The number of carbonyl (C=O) groups excluding carboxylic acids is 1. The van der Waals surface area contributed by atoms with Crippen molar-refractivity contribution in [2.75, 3.05) is 13.7 Å². The lowest BCUT2D eigenvalue weighted by molar-refractivity contribution is -0.122. The van der Waals surface area contributed by atoms with Crippen LogP contribution in [0.1, 0.15) is 25.0 Å². The molecular formula is C28H24BrCl3N2O3S. The van der Waals surface area contributed by atoms with Crippen LogP contribution in [-0.2, 0) is 11.4 Å². The van der Waals surface area contributed by atoms with Gasteiger partial charge >= 0.3 is 0 Å². The Kier molecular flexibility index (Phi) is 9.71. The van der Waals surface area contributed by atoms with E-state index in [2.05, 4.69) is 29.8 Å². The van der Waals surface area contributed by atoms with Gasteiger partial charge in [-0.2, -0.15) is 0 Å². The van der Waals surface area contributed by atoms with Gasteiger partial charge < -0.3 is 9.47 Å². The molecule has 1 aliphatic heterocycles. The first-order valence-corrected chi connectivity index (χ1v) is 14.4. The number of hydrogen-bond acceptors (Lipinski definition) is 5. The zero-order valence-electron chi connectivity index (χ0n) is 20.8. The predicted octanol–water partition coefficient (Wildman–Crippen LogP) is 9.26. The van der Waals surface area contributed by atoms with Gasteiger partial charge in [0.05, 0.1) is 22.2 Å². The van der Waals surface area contributed by atoms with Crippen LogP contribution in [0, 0.1) is 5.92 Å². The minimum absolute atomic E-state index is 0.0933. The summed E-state index contributed by atoms with van der Waals surface area (Å²) in [6, 6.07) is 16.2. The van der Waals surface area contributed by atoms with E-state index in [9.17, 15) is 4.79 Å². The number of aliphatic imine (C=N–C) groups is 1. The zero-order chi connectivity index (χ0) is 27.4. The van der Waals surface area contributed by atoms with E-state index in [0.29, 0.717) is 47.7 Å². The maximum absolute atomic E-state index is 13.4. The van der Waals surface area contributed by atoms with Gasteiger partial charge in [0, 0.05) is 27.2 Å². The van der Waals surface area contributed by atoms with Gasteiger partial charge in [0.1, 0.15) is 6.61 Å². The maximum Gasteiger partial charge on any atom is 0.266 e. The number of benzene rings is 3. The third-order valence-electron chi connectivity index (χ3n) is 5.42. The Hall–Kier alpha value is -2.16. The molecule has 0 N–H and O–H groups in total. The number of hydrogen-bond donors (Lipinski definition) is 0. The van der Waals surface area contributed by atoms with Crippen molar-refractivity contribution in [3.63, 3.8) is 0 Å². The number of amides is 1. The predicted molar refractivity (Wildman–Crippen MR) is 162 cm³/mol. The molecule has 1 aliphatic rings. The zero-order valence-corrected chi connectivity index (χ0v) is 25.5. The highest BCUT2D eigenvalue weighted by molar-refractivity contribution is 9.10. The second-order valence-electron chi connectivity index (χ2n) is 8.85. The van der Waals surface area contributed by atoms with Crippen molar-refractivity contribution < 1.29 is 14.3 Å². The highest BCUT2D eigenvalue weighted by Gasteiger charge is 2.34. The van der Waals surface area contributed by atoms with Crippen LogP contribution >= 0.6 is 62.5 Å². The summed E-state index contributed by atoms with van der Waals surface area (Å²) in [5.74, 6) is 1.22. The molecule has 198 valence electrons. The minimum atomic E-state index is -0.0933. The third-order valence-corrected chi connectivity index (χ3v) is 7.86. The summed E-state index contributed by atoms with van der Waals surface area (Å²) in [6.45, 7) is 4.92. The van der Waals surface area contributed by atoms with Gasteiger partial charge in [0.15, 0.2) is 16.7 Å². The molecule has 3 aromatic rings. The van der Waals surface area contributed by atoms with Crippen LogP contribution in [-0.4, -0.2) is 29.6 Å². The van der Waals surface area contributed by atoms with E-state index in [1.807, 2.05) is 36.4 Å². The number of carbonyl (C=O) groups is 1. The Bertz CT molecular complexity index is 1410. The molecule has 10 heteroatoms. The Morgan fingerprint density at radius 2 is 1.76 bits per heavy atom. The van der Waals surface area contributed by atoms with Gasteiger partial charge in [0.2, 0.25) is 0 Å². The lowest BCUT2D eigenvalue weighted by Crippen LogP contribution is -2.32. The second-order valence-corrected chi connectivity index (χ2v) is 12.0. The van der Waals surface area contributed by atoms with Gasteiger partial charge in [-0.15, -0.1) is 0 Å². The smallest absolute Gasteiger partial charge is 0.266 e. The normalized spacial score (nSPS) is 15.7. The van der Waals surface area contributed by atoms with Crippen molar-refractivity contribution >= 4 is 85.3 Å². The average Bonchev–Trinajstić information content (AvgIpc) is 3.13. The highest BCUT2D eigenvalue weighted by Crippen LogP contribution is 2.40. The molecule has 0 unspecified atom stereocenters. The van der Waals surface area contributed by atoms with Crippen molar-refractivity contribution in [3.8, 4) is 11.5 Å². The summed E-state index contributed by atoms with van der Waals surface area (Å²) in [5, 5.41) is 2.34. The van der Waals surface area contributed by atoms with Gasteiger partial charge in [-0.25, -0.2) is 4.99 Å². The Morgan fingerprint density at radius 1 is 1.05 bits per heavy atom. The van der Waals surface area contributed by atoms with Crippen LogP contribution in [0.5, 0.6) is 11.5 Å². The van der Waals surface area contributed by atoms with E-state index >= 15 is 0 Å². The lowest BCUT2D eigenvalue weighted by atomic mass is 10.1. The number of halogens is 4. The van der Waals surface area contributed by atoms with Gasteiger partial charge in [-0.05, 0) is 93.8 Å². The van der Waals surface area contributed by atoms with E-state index in [1.165, 1.54) is 11.8 Å². The minimum Gasteiger partial charge on any atom is -0.493 e. The van der Waals surface area contributed by atoms with Crippen molar-refractivity contribution in [1.29, 1.82) is 0 Å². The van der Waals surface area contributed by atoms with E-state index < -0.39 is 0 Å². The number of methoxy groups -OCH3 is 1. The van der Waals surface area contributed by atoms with E-state index in [1.54, 1.807) is 36.3 Å². The number of ether oxygens (including phenoxy) is 2. The molecule has 3 aromatic carbocycles. The summed E-state index contributed by atoms with van der Waals surface area (Å²) in [5.41, 5.74) is 2.30. The number of thioether (sulfide) groups is 1. The van der Waals surface area contributed by atoms with Crippen LogP contribution in [0.3, 0.4) is 0 Å². The van der Waals surface area contributed by atoms with E-state index in [-0.39, 0.29) is 18.4 Å². The fraction of sp³-hybridized carbons (Fsp3) is 0.214. The molecule has 1 fully saturated rings. The van der Waals surface area contributed by atoms with Crippen LogP contribution in [0.4, 0.5) is 5.69 Å². The van der Waals surface area contributed by atoms with Crippen LogP contribution in [0.2, 0.25) is 15.1 Å². The van der Waals surface area contributed by atoms with Crippen LogP contribution < -0.4 is 9.47 Å². The van der Waals surface area contributed by atoms with Crippen molar-refractivity contribution in [2.24, 2.45) is 10.9 Å². The molecule has 5 nitrogen and oxygen atoms in total. The van der Waals surface area contributed by atoms with Crippen LogP contribution in [0.25, 0.3) is 6.08 Å². The summed E-state index contributed by atoms with van der Waals surface area (Å²) in [6.07, 6.45) is 1.83. The number of nitrogens with zero attached hydrogens (tertiary/aromatic N) is 2. The second kappa shape index (κ2) is 12.8. The fourth-order valence-electron chi connectivity index (χ4n) is 3.65. The number of rotatable bonds is 8. The lowest BCUT2D eigenvalue weighted by Gasteiger charge is -2.17. The molecule has 1 saturated heterocycles. The fourth-order valence-corrected chi connectivity index (χ4v) is 5.82. The SMILES string of the molecule is COc1cc(/C=C2\SC(=Nc3ccc(Cl)cc3)N(CC(C)C)C2=O)cc(Br)c1OCc1ccc(Cl)cc1Cl. The van der Waals surface area contributed by atoms with Gasteiger partial charge in [-0.3, -0.25) is 9.69 Å². The van der Waals surface area contributed by atoms with Crippen molar-refractivity contribution in [2.45, 2.75) is 20.5 Å². The molecule has 0 bridgehead atoms. The topological polar surface area (TPSA) is 51.1 Å². The molecule has 0 aliphatic carbocycles. The first kappa shape index (κ1) is 28.8. The Labute approximate surface area is 249 Å². The molecule has 1 heterocycles. The molecule has 4 rings (SSSR count). The summed E-state index contributed by atoms with van der Waals surface area (Å²) < 4.78 is 12.3. The summed E-state index contributed by atoms with van der Waals surface area (Å²) in [4.78, 5) is 20.4. The molecular weight excluding hydrogens is 631 g/mol. The standard InChI is InChI=1S/C28H24BrCl3N2O3S/c1-16(2)14-34-27(35)25(38-28(34)33-21-8-6-19(30)7-9-21)12-17-10-22(29)26(24(11-17)36-3)37-15-18-4-5-20(31)13-23(18)32/h4-13,16H,14-15H2,1-3H3/b25-12-,33-28?. The van der Waals surface area contributed by atoms with E-state index in [4.69, 9.17) is 49.3 Å². The highest BCUT2D eigenvalue weighted by atomic mass is 79.9. The summed E-state index contributed by atoms with van der Waals surface area (Å²) >= 11 is 23.2. The monoisotopic (exact) mass is 652 g/mol. The van der Waals surface area contributed by atoms with Gasteiger partial charge in [0.25, 0.3) is 5.91 Å². The first-order chi connectivity index (χ1) is 18.1. The molecule has 38 heavy (non-hydrogen) atoms. The molecule has 0 atom stereocenters. The van der Waals surface area contributed by atoms with Crippen molar-refractivity contribution in [1.82, 2.24) is 4.90 Å². The first-order valence-electron chi connectivity index (χ1n) is 11.6. The maximum atomic E-state index is 13.4.